The highest BCUT2D eigenvalue weighted by Gasteiger charge is 1.96. The van der Waals surface area contributed by atoms with Gasteiger partial charge in [-0.05, 0) is 18.4 Å². The Balaban J connectivity index is 4.59. The summed E-state index contributed by atoms with van der Waals surface area (Å²) in [7, 11) is 0. The zero-order valence-corrected chi connectivity index (χ0v) is 8.30. The molecule has 0 saturated carbocycles. The predicted octanol–water partition coefficient (Wildman–Crippen LogP) is 3.89. The van der Waals surface area contributed by atoms with E-state index >= 15 is 0 Å². The average molecular weight is 162 g/mol. The molecule has 0 aromatic carbocycles. The Kier molecular flexibility index (Phi) is 5.11. The standard InChI is InChI=1S/C12H18/c1-6-8-11(5)9-12(7-2)10(3)4/h6-10H,1-2H2,3-5H3/b11-8-,12-9+. The largest absolute Gasteiger partial charge is 0.0991 e. The van der Waals surface area contributed by atoms with Crippen LogP contribution in [0.1, 0.15) is 20.8 Å². The topological polar surface area (TPSA) is 0 Å². The quantitative estimate of drug-likeness (QED) is 0.550. The lowest BCUT2D eigenvalue weighted by molar-refractivity contribution is 0.791. The van der Waals surface area contributed by atoms with Gasteiger partial charge in [0.05, 0.1) is 0 Å². The second kappa shape index (κ2) is 5.59. The van der Waals surface area contributed by atoms with Crippen molar-refractivity contribution < 1.29 is 0 Å². The van der Waals surface area contributed by atoms with E-state index in [1.807, 2.05) is 12.2 Å². The average Bonchev–Trinajstić information content (AvgIpc) is 2.00. The van der Waals surface area contributed by atoms with E-state index in [0.717, 1.165) is 0 Å². The Hall–Kier alpha value is -1.04. The molecule has 0 radical (unpaired) electrons. The molecule has 0 aromatic rings. The molecule has 0 unspecified atom stereocenters. The molecular weight excluding hydrogens is 144 g/mol. The van der Waals surface area contributed by atoms with Crippen molar-refractivity contribution in [1.29, 1.82) is 0 Å². The van der Waals surface area contributed by atoms with Crippen LogP contribution in [0.5, 0.6) is 0 Å². The van der Waals surface area contributed by atoms with Gasteiger partial charge in [-0.25, -0.2) is 0 Å². The highest BCUT2D eigenvalue weighted by atomic mass is 14.0. The smallest absolute Gasteiger partial charge is 0.0219 e. The minimum Gasteiger partial charge on any atom is -0.0991 e. The lowest BCUT2D eigenvalue weighted by atomic mass is 10.0. The van der Waals surface area contributed by atoms with Crippen LogP contribution in [-0.2, 0) is 0 Å². The maximum Gasteiger partial charge on any atom is -0.0219 e. The zero-order chi connectivity index (χ0) is 9.56. The first-order chi connectivity index (χ1) is 5.61. The van der Waals surface area contributed by atoms with Gasteiger partial charge >= 0.3 is 0 Å². The number of hydrogen-bond acceptors (Lipinski definition) is 0. The highest BCUT2D eigenvalue weighted by Crippen LogP contribution is 2.13. The maximum atomic E-state index is 3.77. The normalized spacial score (nSPS) is 13.3. The van der Waals surface area contributed by atoms with E-state index in [0.29, 0.717) is 5.92 Å². The first-order valence-electron chi connectivity index (χ1n) is 4.25. The lowest BCUT2D eigenvalue weighted by Gasteiger charge is -2.05. The molecule has 66 valence electrons. The van der Waals surface area contributed by atoms with Crippen molar-refractivity contribution in [3.63, 3.8) is 0 Å². The van der Waals surface area contributed by atoms with Crippen LogP contribution in [0.4, 0.5) is 0 Å². The molecule has 0 saturated heterocycles. The first-order valence-corrected chi connectivity index (χ1v) is 4.25. The minimum atomic E-state index is 0.538. The molecule has 12 heavy (non-hydrogen) atoms. The van der Waals surface area contributed by atoms with Crippen LogP contribution in [0.2, 0.25) is 0 Å². The zero-order valence-electron chi connectivity index (χ0n) is 8.30. The first kappa shape index (κ1) is 11.0. The molecule has 0 aliphatic rings. The van der Waals surface area contributed by atoms with E-state index in [-0.39, 0.29) is 0 Å². The van der Waals surface area contributed by atoms with Crippen molar-refractivity contribution in [1.82, 2.24) is 0 Å². The Morgan fingerprint density at radius 3 is 2.17 bits per heavy atom. The predicted molar refractivity (Wildman–Crippen MR) is 57.1 cm³/mol. The van der Waals surface area contributed by atoms with Crippen molar-refractivity contribution in [3.8, 4) is 0 Å². The second-order valence-electron chi connectivity index (χ2n) is 3.15. The molecule has 0 aliphatic heterocycles. The number of allylic oxidation sites excluding steroid dienone is 6. The fourth-order valence-electron chi connectivity index (χ4n) is 0.958. The van der Waals surface area contributed by atoms with Crippen LogP contribution in [0.25, 0.3) is 0 Å². The number of rotatable bonds is 4. The van der Waals surface area contributed by atoms with Crippen molar-refractivity contribution in [2.75, 3.05) is 0 Å². The van der Waals surface area contributed by atoms with Crippen molar-refractivity contribution in [3.05, 3.63) is 48.6 Å². The second-order valence-corrected chi connectivity index (χ2v) is 3.15. The molecule has 0 bridgehead atoms. The van der Waals surface area contributed by atoms with Gasteiger partial charge in [0.25, 0.3) is 0 Å². The van der Waals surface area contributed by atoms with Gasteiger partial charge in [-0.15, -0.1) is 0 Å². The molecular formula is C12H18. The van der Waals surface area contributed by atoms with E-state index in [9.17, 15) is 0 Å². The highest BCUT2D eigenvalue weighted by molar-refractivity contribution is 5.30. The summed E-state index contributed by atoms with van der Waals surface area (Å²) in [6.07, 6.45) is 7.84. The van der Waals surface area contributed by atoms with Crippen molar-refractivity contribution in [2.45, 2.75) is 20.8 Å². The molecule has 0 fully saturated rings. The summed E-state index contributed by atoms with van der Waals surface area (Å²) in [5, 5.41) is 0. The fraction of sp³-hybridized carbons (Fsp3) is 0.333. The van der Waals surface area contributed by atoms with Gasteiger partial charge < -0.3 is 0 Å². The summed E-state index contributed by atoms with van der Waals surface area (Å²) < 4.78 is 0. The monoisotopic (exact) mass is 162 g/mol. The van der Waals surface area contributed by atoms with Gasteiger partial charge in [0, 0.05) is 0 Å². The molecule has 0 heteroatoms. The fourth-order valence-corrected chi connectivity index (χ4v) is 0.958. The van der Waals surface area contributed by atoms with E-state index in [4.69, 9.17) is 0 Å². The molecule has 0 atom stereocenters. The SMILES string of the molecule is C=C/C=C(C)\C=C(/C=C)C(C)C. The van der Waals surface area contributed by atoms with Crippen LogP contribution < -0.4 is 0 Å². The van der Waals surface area contributed by atoms with Crippen LogP contribution in [-0.4, -0.2) is 0 Å². The molecule has 0 aromatic heterocycles. The summed E-state index contributed by atoms with van der Waals surface area (Å²) >= 11 is 0. The summed E-state index contributed by atoms with van der Waals surface area (Å²) in [4.78, 5) is 0. The van der Waals surface area contributed by atoms with Crippen LogP contribution in [0, 0.1) is 5.92 Å². The molecule has 0 spiro atoms. The molecule has 0 heterocycles. The Morgan fingerprint density at radius 1 is 1.25 bits per heavy atom. The van der Waals surface area contributed by atoms with Crippen LogP contribution in [0.3, 0.4) is 0 Å². The van der Waals surface area contributed by atoms with E-state index < -0.39 is 0 Å². The van der Waals surface area contributed by atoms with Gasteiger partial charge in [-0.2, -0.15) is 0 Å². The van der Waals surface area contributed by atoms with E-state index in [1.54, 1.807) is 6.08 Å². The Bertz CT molecular complexity index is 214. The Labute approximate surface area is 76.0 Å². The third-order valence-corrected chi connectivity index (χ3v) is 1.68. The van der Waals surface area contributed by atoms with Gasteiger partial charge in [-0.1, -0.05) is 56.9 Å². The lowest BCUT2D eigenvalue weighted by Crippen LogP contribution is -1.89. The maximum absolute atomic E-state index is 3.77. The summed E-state index contributed by atoms with van der Waals surface area (Å²) in [6.45, 7) is 13.8. The number of hydrogen-bond donors (Lipinski definition) is 0. The third-order valence-electron chi connectivity index (χ3n) is 1.68. The third kappa shape index (κ3) is 3.97. The molecule has 0 nitrogen and oxygen atoms in total. The van der Waals surface area contributed by atoms with Crippen LogP contribution in [0.15, 0.2) is 48.6 Å². The van der Waals surface area contributed by atoms with E-state index in [2.05, 4.69) is 40.0 Å². The van der Waals surface area contributed by atoms with Gasteiger partial charge in [0.15, 0.2) is 0 Å². The molecule has 0 amide bonds. The van der Waals surface area contributed by atoms with Gasteiger partial charge in [-0.3, -0.25) is 0 Å². The van der Waals surface area contributed by atoms with Gasteiger partial charge in [0.2, 0.25) is 0 Å². The minimum absolute atomic E-state index is 0.538. The molecule has 0 N–H and O–H groups in total. The van der Waals surface area contributed by atoms with E-state index in [1.165, 1.54) is 11.1 Å². The van der Waals surface area contributed by atoms with Crippen molar-refractivity contribution in [2.24, 2.45) is 5.92 Å². The van der Waals surface area contributed by atoms with Crippen molar-refractivity contribution >= 4 is 0 Å². The molecule has 0 aliphatic carbocycles. The van der Waals surface area contributed by atoms with Crippen LogP contribution >= 0.6 is 0 Å². The summed E-state index contributed by atoms with van der Waals surface area (Å²) in [5.41, 5.74) is 2.49. The van der Waals surface area contributed by atoms with Gasteiger partial charge in [0.1, 0.15) is 0 Å². The Morgan fingerprint density at radius 2 is 1.83 bits per heavy atom. The summed E-state index contributed by atoms with van der Waals surface area (Å²) in [5.74, 6) is 0.538. The summed E-state index contributed by atoms with van der Waals surface area (Å²) in [6, 6.07) is 0. The molecule has 0 rings (SSSR count).